The first-order valence-electron chi connectivity index (χ1n) is 5.91. The van der Waals surface area contributed by atoms with E-state index in [-0.39, 0.29) is 18.1 Å². The third-order valence-electron chi connectivity index (χ3n) is 2.68. The largest absolute Gasteiger partial charge is 0.461 e. The average molecular weight is 403 g/mol. The molecule has 0 unspecified atom stereocenters. The molecule has 5 nitrogen and oxygen atoms in total. The van der Waals surface area contributed by atoms with Gasteiger partial charge < -0.3 is 10.5 Å². The van der Waals surface area contributed by atoms with Crippen LogP contribution in [0.15, 0.2) is 27.4 Å². The van der Waals surface area contributed by atoms with Crippen LogP contribution in [0.25, 0.3) is 5.69 Å². The summed E-state index contributed by atoms with van der Waals surface area (Å²) in [6, 6.07) is 3.92. The van der Waals surface area contributed by atoms with Crippen molar-refractivity contribution in [3.05, 3.63) is 38.7 Å². The van der Waals surface area contributed by atoms with E-state index in [2.05, 4.69) is 36.8 Å². The molecule has 106 valence electrons. The predicted octanol–water partition coefficient (Wildman–Crippen LogP) is 3.46. The highest BCUT2D eigenvalue weighted by molar-refractivity contribution is 9.11. The Labute approximate surface area is 133 Å². The SMILES string of the molecule is CCOC(=O)c1ncn(-c2c(Br)cc(C)cc2Br)c1N. The number of aryl methyl sites for hydroxylation is 1. The Morgan fingerprint density at radius 2 is 2.00 bits per heavy atom. The third-order valence-corrected chi connectivity index (χ3v) is 3.88. The zero-order chi connectivity index (χ0) is 14.9. The molecule has 1 heterocycles. The quantitative estimate of drug-likeness (QED) is 0.798. The Kier molecular flexibility index (Phi) is 4.49. The van der Waals surface area contributed by atoms with Crippen LogP contribution in [0.5, 0.6) is 0 Å². The molecule has 2 aromatic rings. The van der Waals surface area contributed by atoms with Crippen molar-refractivity contribution in [1.29, 1.82) is 0 Å². The third kappa shape index (κ3) is 2.73. The van der Waals surface area contributed by atoms with E-state index < -0.39 is 5.97 Å². The van der Waals surface area contributed by atoms with E-state index in [1.165, 1.54) is 6.33 Å². The molecular weight excluding hydrogens is 390 g/mol. The van der Waals surface area contributed by atoms with Crippen LogP contribution >= 0.6 is 31.9 Å². The van der Waals surface area contributed by atoms with Gasteiger partial charge in [0.05, 0.1) is 12.3 Å². The smallest absolute Gasteiger partial charge is 0.360 e. The molecule has 2 N–H and O–H groups in total. The number of hydrogen-bond donors (Lipinski definition) is 1. The first kappa shape index (κ1) is 15.1. The number of hydrogen-bond acceptors (Lipinski definition) is 4. The number of halogens is 2. The monoisotopic (exact) mass is 401 g/mol. The van der Waals surface area contributed by atoms with Crippen LogP contribution in [0.4, 0.5) is 5.82 Å². The number of aromatic nitrogens is 2. The fourth-order valence-corrected chi connectivity index (χ4v) is 3.61. The molecule has 0 amide bonds. The van der Waals surface area contributed by atoms with Gasteiger partial charge in [-0.05, 0) is 63.4 Å². The molecule has 0 aliphatic carbocycles. The maximum absolute atomic E-state index is 11.7. The number of anilines is 1. The molecule has 20 heavy (non-hydrogen) atoms. The molecule has 0 bridgehead atoms. The fourth-order valence-electron chi connectivity index (χ4n) is 1.82. The number of nitrogen functional groups attached to an aromatic ring is 1. The number of benzene rings is 1. The maximum atomic E-state index is 11.7. The first-order chi connectivity index (χ1) is 9.45. The van der Waals surface area contributed by atoms with Gasteiger partial charge in [0, 0.05) is 8.95 Å². The molecule has 1 aromatic heterocycles. The first-order valence-corrected chi connectivity index (χ1v) is 7.50. The van der Waals surface area contributed by atoms with Gasteiger partial charge in [-0.3, -0.25) is 4.57 Å². The Morgan fingerprint density at radius 1 is 1.40 bits per heavy atom. The average Bonchev–Trinajstić information content (AvgIpc) is 2.71. The number of carbonyl (C=O) groups is 1. The topological polar surface area (TPSA) is 70.1 Å². The lowest BCUT2D eigenvalue weighted by Crippen LogP contribution is -2.09. The van der Waals surface area contributed by atoms with E-state index in [1.807, 2.05) is 19.1 Å². The molecule has 1 aromatic carbocycles. The molecule has 0 radical (unpaired) electrons. The molecule has 0 spiro atoms. The molecule has 0 saturated heterocycles. The lowest BCUT2D eigenvalue weighted by atomic mass is 10.2. The number of ether oxygens (including phenoxy) is 1. The molecule has 0 saturated carbocycles. The minimum atomic E-state index is -0.525. The van der Waals surface area contributed by atoms with Gasteiger partial charge in [-0.1, -0.05) is 0 Å². The number of nitrogens with two attached hydrogens (primary N) is 1. The number of nitrogens with zero attached hydrogens (tertiary/aromatic N) is 2. The van der Waals surface area contributed by atoms with Gasteiger partial charge in [-0.2, -0.15) is 0 Å². The van der Waals surface area contributed by atoms with Crippen LogP contribution in [0.2, 0.25) is 0 Å². The van der Waals surface area contributed by atoms with Crippen molar-refractivity contribution >= 4 is 43.6 Å². The Balaban J connectivity index is 2.53. The lowest BCUT2D eigenvalue weighted by Gasteiger charge is -2.11. The van der Waals surface area contributed by atoms with Crippen LogP contribution in [0, 0.1) is 6.92 Å². The summed E-state index contributed by atoms with van der Waals surface area (Å²) in [5.74, 6) is -0.281. The summed E-state index contributed by atoms with van der Waals surface area (Å²) in [5.41, 5.74) is 8.00. The number of rotatable bonds is 3. The highest BCUT2D eigenvalue weighted by Crippen LogP contribution is 2.33. The minimum Gasteiger partial charge on any atom is -0.461 e. The van der Waals surface area contributed by atoms with Gasteiger partial charge in [-0.15, -0.1) is 0 Å². The molecule has 2 rings (SSSR count). The van der Waals surface area contributed by atoms with E-state index in [4.69, 9.17) is 10.5 Å². The summed E-state index contributed by atoms with van der Waals surface area (Å²) in [6.07, 6.45) is 1.50. The standard InChI is InChI=1S/C13H13Br2N3O2/c1-3-20-13(19)10-12(16)18(6-17-10)11-8(14)4-7(2)5-9(11)15/h4-6H,3,16H2,1-2H3. The summed E-state index contributed by atoms with van der Waals surface area (Å²) in [7, 11) is 0. The van der Waals surface area contributed by atoms with Crippen LogP contribution in [0.1, 0.15) is 23.0 Å². The van der Waals surface area contributed by atoms with Crippen LogP contribution < -0.4 is 5.73 Å². The van der Waals surface area contributed by atoms with Gasteiger partial charge in [0.25, 0.3) is 0 Å². The second kappa shape index (κ2) is 5.97. The van der Waals surface area contributed by atoms with Crippen molar-refractivity contribution < 1.29 is 9.53 Å². The van der Waals surface area contributed by atoms with E-state index in [0.717, 1.165) is 20.2 Å². The second-order valence-electron chi connectivity index (χ2n) is 4.15. The van der Waals surface area contributed by atoms with E-state index >= 15 is 0 Å². The summed E-state index contributed by atoms with van der Waals surface area (Å²) in [4.78, 5) is 15.8. The van der Waals surface area contributed by atoms with Crippen molar-refractivity contribution in [3.63, 3.8) is 0 Å². The zero-order valence-electron chi connectivity index (χ0n) is 11.0. The van der Waals surface area contributed by atoms with E-state index in [0.29, 0.717) is 0 Å². The normalized spacial score (nSPS) is 10.6. The van der Waals surface area contributed by atoms with Crippen LogP contribution in [-0.4, -0.2) is 22.1 Å². The fraction of sp³-hybridized carbons (Fsp3) is 0.231. The Hall–Kier alpha value is -1.34. The summed E-state index contributed by atoms with van der Waals surface area (Å²) >= 11 is 6.99. The van der Waals surface area contributed by atoms with E-state index in [9.17, 15) is 4.79 Å². The van der Waals surface area contributed by atoms with Crippen molar-refractivity contribution in [2.45, 2.75) is 13.8 Å². The second-order valence-corrected chi connectivity index (χ2v) is 5.85. The highest BCUT2D eigenvalue weighted by Gasteiger charge is 2.20. The number of esters is 1. The Bertz CT molecular complexity index is 645. The maximum Gasteiger partial charge on any atom is 0.360 e. The zero-order valence-corrected chi connectivity index (χ0v) is 14.2. The molecule has 0 aliphatic heterocycles. The van der Waals surface area contributed by atoms with Gasteiger partial charge in [-0.25, -0.2) is 9.78 Å². The van der Waals surface area contributed by atoms with Crippen LogP contribution in [0.3, 0.4) is 0 Å². The molecular formula is C13H13Br2N3O2. The van der Waals surface area contributed by atoms with Crippen molar-refractivity contribution in [2.75, 3.05) is 12.3 Å². The molecule has 7 heteroatoms. The molecule has 0 aliphatic rings. The lowest BCUT2D eigenvalue weighted by molar-refractivity contribution is 0.0521. The number of carbonyl (C=O) groups excluding carboxylic acids is 1. The molecule has 0 atom stereocenters. The predicted molar refractivity (Wildman–Crippen MR) is 84.1 cm³/mol. The summed E-state index contributed by atoms with van der Waals surface area (Å²) in [6.45, 7) is 4.00. The van der Waals surface area contributed by atoms with Gasteiger partial charge in [0.1, 0.15) is 12.1 Å². The number of imidazole rings is 1. The van der Waals surface area contributed by atoms with Crippen LogP contribution in [-0.2, 0) is 4.74 Å². The van der Waals surface area contributed by atoms with Crippen molar-refractivity contribution in [3.8, 4) is 5.69 Å². The minimum absolute atomic E-state index is 0.117. The van der Waals surface area contributed by atoms with Crippen molar-refractivity contribution in [1.82, 2.24) is 9.55 Å². The Morgan fingerprint density at radius 3 is 2.55 bits per heavy atom. The van der Waals surface area contributed by atoms with E-state index in [1.54, 1.807) is 11.5 Å². The van der Waals surface area contributed by atoms with Gasteiger partial charge in [0.15, 0.2) is 5.69 Å². The molecule has 0 fully saturated rings. The van der Waals surface area contributed by atoms with Gasteiger partial charge >= 0.3 is 5.97 Å². The van der Waals surface area contributed by atoms with Gasteiger partial charge in [0.2, 0.25) is 0 Å². The summed E-state index contributed by atoms with van der Waals surface area (Å²) in [5, 5.41) is 0. The summed E-state index contributed by atoms with van der Waals surface area (Å²) < 4.78 is 8.26. The highest BCUT2D eigenvalue weighted by atomic mass is 79.9. The van der Waals surface area contributed by atoms with Crippen molar-refractivity contribution in [2.24, 2.45) is 0 Å².